The number of rotatable bonds is 10. The lowest BCUT2D eigenvalue weighted by Crippen LogP contribution is -2.31. The van der Waals surface area contributed by atoms with Crippen molar-refractivity contribution in [2.45, 2.75) is 32.7 Å². The number of aromatic nitrogens is 2. The first-order valence-corrected chi connectivity index (χ1v) is 10.8. The zero-order chi connectivity index (χ0) is 22.2. The SMILES string of the molecule is CCCCOc1ccc(C(=O)N[C@@H](c2ccc(Cl)cc2)c2nccn2C)cc1OCC. The maximum atomic E-state index is 13.2. The molecule has 31 heavy (non-hydrogen) atoms. The summed E-state index contributed by atoms with van der Waals surface area (Å²) in [5, 5.41) is 3.72. The second kappa shape index (κ2) is 10.9. The number of hydrogen-bond acceptors (Lipinski definition) is 4. The fraction of sp³-hybridized carbons (Fsp3) is 0.333. The molecule has 0 unspecified atom stereocenters. The van der Waals surface area contributed by atoms with Crippen LogP contribution < -0.4 is 14.8 Å². The highest BCUT2D eigenvalue weighted by Crippen LogP contribution is 2.29. The van der Waals surface area contributed by atoms with Crippen LogP contribution >= 0.6 is 11.6 Å². The van der Waals surface area contributed by atoms with Gasteiger partial charge in [0, 0.05) is 30.0 Å². The molecule has 2 aromatic carbocycles. The van der Waals surface area contributed by atoms with Crippen molar-refractivity contribution in [2.24, 2.45) is 7.05 Å². The lowest BCUT2D eigenvalue weighted by molar-refractivity contribution is 0.0940. The number of aryl methyl sites for hydroxylation is 1. The average Bonchev–Trinajstić information content (AvgIpc) is 3.19. The molecular weight excluding hydrogens is 414 g/mol. The third-order valence-electron chi connectivity index (χ3n) is 4.86. The van der Waals surface area contributed by atoms with Gasteiger partial charge in [-0.25, -0.2) is 4.98 Å². The zero-order valence-electron chi connectivity index (χ0n) is 18.1. The summed E-state index contributed by atoms with van der Waals surface area (Å²) in [4.78, 5) is 17.6. The highest BCUT2D eigenvalue weighted by atomic mass is 35.5. The number of halogens is 1. The third-order valence-corrected chi connectivity index (χ3v) is 5.11. The van der Waals surface area contributed by atoms with Crippen molar-refractivity contribution in [3.05, 3.63) is 76.8 Å². The minimum Gasteiger partial charge on any atom is -0.490 e. The highest BCUT2D eigenvalue weighted by molar-refractivity contribution is 6.30. The minimum atomic E-state index is -0.430. The first-order chi connectivity index (χ1) is 15.0. The van der Waals surface area contributed by atoms with Gasteiger partial charge in [-0.1, -0.05) is 37.1 Å². The molecule has 164 valence electrons. The topological polar surface area (TPSA) is 65.4 Å². The van der Waals surface area contributed by atoms with Gasteiger partial charge in [0.2, 0.25) is 0 Å². The summed E-state index contributed by atoms with van der Waals surface area (Å²) < 4.78 is 13.4. The molecule has 1 aromatic heterocycles. The van der Waals surface area contributed by atoms with Crippen molar-refractivity contribution < 1.29 is 14.3 Å². The summed E-state index contributed by atoms with van der Waals surface area (Å²) in [5.41, 5.74) is 1.37. The fourth-order valence-corrected chi connectivity index (χ4v) is 3.31. The van der Waals surface area contributed by atoms with E-state index in [2.05, 4.69) is 17.2 Å². The molecule has 1 amide bonds. The summed E-state index contributed by atoms with van der Waals surface area (Å²) in [6.07, 6.45) is 5.56. The van der Waals surface area contributed by atoms with Gasteiger partial charge in [0.15, 0.2) is 11.5 Å². The number of imidazole rings is 1. The molecule has 1 atom stereocenters. The van der Waals surface area contributed by atoms with Crippen LogP contribution in [0.4, 0.5) is 0 Å². The van der Waals surface area contributed by atoms with Crippen LogP contribution in [0.1, 0.15) is 54.5 Å². The second-order valence-electron chi connectivity index (χ2n) is 7.15. The van der Waals surface area contributed by atoms with Crippen LogP contribution in [0.5, 0.6) is 11.5 Å². The molecule has 0 saturated carbocycles. The molecule has 7 heteroatoms. The first kappa shape index (κ1) is 22.7. The van der Waals surface area contributed by atoms with E-state index in [-0.39, 0.29) is 5.91 Å². The van der Waals surface area contributed by atoms with Gasteiger partial charge in [-0.3, -0.25) is 4.79 Å². The number of benzene rings is 2. The van der Waals surface area contributed by atoms with Crippen molar-refractivity contribution in [1.29, 1.82) is 0 Å². The van der Waals surface area contributed by atoms with Gasteiger partial charge in [0.25, 0.3) is 5.91 Å². The van der Waals surface area contributed by atoms with E-state index in [1.165, 1.54) is 0 Å². The lowest BCUT2D eigenvalue weighted by Gasteiger charge is -2.20. The standard InChI is InChI=1S/C24H28ClN3O3/c1-4-6-15-31-20-12-9-18(16-21(20)30-5-2)24(29)27-22(23-26-13-14-28(23)3)17-7-10-19(25)11-8-17/h7-14,16,22H,4-6,15H2,1-3H3,(H,27,29)/t22-/m0/s1. The Balaban J connectivity index is 1.86. The molecule has 0 fully saturated rings. The quantitative estimate of drug-likeness (QED) is 0.441. The number of unbranched alkanes of at least 4 members (excludes halogenated alkanes) is 1. The van der Waals surface area contributed by atoms with E-state index < -0.39 is 6.04 Å². The highest BCUT2D eigenvalue weighted by Gasteiger charge is 2.22. The number of carbonyl (C=O) groups excluding carboxylic acids is 1. The first-order valence-electron chi connectivity index (χ1n) is 10.5. The van der Waals surface area contributed by atoms with Crippen molar-refractivity contribution in [3.8, 4) is 11.5 Å². The maximum Gasteiger partial charge on any atom is 0.252 e. The molecule has 0 saturated heterocycles. The number of carbonyl (C=O) groups is 1. The maximum absolute atomic E-state index is 13.2. The van der Waals surface area contributed by atoms with Crippen molar-refractivity contribution in [2.75, 3.05) is 13.2 Å². The largest absolute Gasteiger partial charge is 0.490 e. The molecule has 0 radical (unpaired) electrons. The molecular formula is C24H28ClN3O3. The van der Waals surface area contributed by atoms with Gasteiger partial charge in [-0.15, -0.1) is 0 Å². The van der Waals surface area contributed by atoms with E-state index in [1.807, 2.05) is 36.9 Å². The van der Waals surface area contributed by atoms with Gasteiger partial charge in [-0.05, 0) is 49.2 Å². The Bertz CT molecular complexity index is 1000. The van der Waals surface area contributed by atoms with Crippen molar-refractivity contribution in [1.82, 2.24) is 14.9 Å². The van der Waals surface area contributed by atoms with Crippen LogP contribution in [-0.4, -0.2) is 28.7 Å². The van der Waals surface area contributed by atoms with Gasteiger partial charge in [-0.2, -0.15) is 0 Å². The minimum absolute atomic E-state index is 0.232. The number of amides is 1. The van der Waals surface area contributed by atoms with Crippen LogP contribution in [0.25, 0.3) is 0 Å². The summed E-state index contributed by atoms with van der Waals surface area (Å²) >= 11 is 6.05. The molecule has 0 spiro atoms. The molecule has 0 bridgehead atoms. The number of nitrogens with one attached hydrogen (secondary N) is 1. The van der Waals surface area contributed by atoms with Crippen molar-refractivity contribution >= 4 is 17.5 Å². The van der Waals surface area contributed by atoms with Crippen LogP contribution in [0, 0.1) is 0 Å². The molecule has 0 aliphatic heterocycles. The lowest BCUT2D eigenvalue weighted by atomic mass is 10.1. The van der Waals surface area contributed by atoms with E-state index in [0.717, 1.165) is 24.2 Å². The Hall–Kier alpha value is -2.99. The number of ether oxygens (including phenoxy) is 2. The van der Waals surface area contributed by atoms with E-state index in [0.29, 0.717) is 35.3 Å². The summed E-state index contributed by atoms with van der Waals surface area (Å²) in [5.74, 6) is 1.70. The predicted octanol–water partition coefficient (Wildman–Crippen LogP) is 5.17. The zero-order valence-corrected chi connectivity index (χ0v) is 18.9. The Morgan fingerprint density at radius 2 is 1.90 bits per heavy atom. The predicted molar refractivity (Wildman–Crippen MR) is 122 cm³/mol. The van der Waals surface area contributed by atoms with Gasteiger partial charge >= 0.3 is 0 Å². The summed E-state index contributed by atoms with van der Waals surface area (Å²) in [6, 6.07) is 12.2. The number of hydrogen-bond donors (Lipinski definition) is 1. The van der Waals surface area contributed by atoms with Crippen LogP contribution in [0.15, 0.2) is 54.9 Å². The Labute approximate surface area is 188 Å². The van der Waals surface area contributed by atoms with E-state index in [9.17, 15) is 4.79 Å². The Kier molecular flexibility index (Phi) is 7.95. The second-order valence-corrected chi connectivity index (χ2v) is 7.59. The fourth-order valence-electron chi connectivity index (χ4n) is 3.19. The molecule has 3 rings (SSSR count). The molecule has 1 N–H and O–H groups in total. The van der Waals surface area contributed by atoms with Gasteiger partial charge in [0.1, 0.15) is 11.9 Å². The molecule has 3 aromatic rings. The van der Waals surface area contributed by atoms with E-state index >= 15 is 0 Å². The van der Waals surface area contributed by atoms with E-state index in [1.54, 1.807) is 36.5 Å². The van der Waals surface area contributed by atoms with Crippen LogP contribution in [0.3, 0.4) is 0 Å². The molecule has 0 aliphatic rings. The molecule has 0 aliphatic carbocycles. The normalized spacial score (nSPS) is 11.7. The van der Waals surface area contributed by atoms with Gasteiger partial charge in [0.05, 0.1) is 13.2 Å². The smallest absolute Gasteiger partial charge is 0.252 e. The van der Waals surface area contributed by atoms with Crippen LogP contribution in [0.2, 0.25) is 5.02 Å². The molecule has 1 heterocycles. The van der Waals surface area contributed by atoms with Crippen molar-refractivity contribution in [3.63, 3.8) is 0 Å². The summed E-state index contributed by atoms with van der Waals surface area (Å²) in [6.45, 7) is 5.11. The molecule has 6 nitrogen and oxygen atoms in total. The summed E-state index contributed by atoms with van der Waals surface area (Å²) in [7, 11) is 1.90. The van der Waals surface area contributed by atoms with E-state index in [4.69, 9.17) is 21.1 Å². The van der Waals surface area contributed by atoms with Gasteiger partial charge < -0.3 is 19.4 Å². The monoisotopic (exact) mass is 441 g/mol. The third kappa shape index (κ3) is 5.79. The Morgan fingerprint density at radius 1 is 1.13 bits per heavy atom. The van der Waals surface area contributed by atoms with Crippen LogP contribution in [-0.2, 0) is 7.05 Å². The number of nitrogens with zero attached hydrogens (tertiary/aromatic N) is 2. The average molecular weight is 442 g/mol. The Morgan fingerprint density at radius 3 is 2.55 bits per heavy atom.